The number of nitrogens with one attached hydrogen (secondary N) is 1. The molecule has 0 saturated carbocycles. The number of esters is 1. The smallest absolute Gasteiger partial charge is 0.343 e. The van der Waals surface area contributed by atoms with E-state index in [1.807, 2.05) is 6.92 Å². The summed E-state index contributed by atoms with van der Waals surface area (Å²) in [5.41, 5.74) is 3.75. The van der Waals surface area contributed by atoms with Crippen LogP contribution >= 0.6 is 11.6 Å². The van der Waals surface area contributed by atoms with Crippen molar-refractivity contribution in [2.45, 2.75) is 13.3 Å². The second-order valence-corrected chi connectivity index (χ2v) is 7.26. The van der Waals surface area contributed by atoms with E-state index in [2.05, 4.69) is 10.5 Å². The van der Waals surface area contributed by atoms with Gasteiger partial charge in [0, 0.05) is 0 Å². The first-order chi connectivity index (χ1) is 16.0. The number of carbonyl (C=O) groups excluding carboxylic acids is 2. The molecule has 0 aliphatic carbocycles. The van der Waals surface area contributed by atoms with Gasteiger partial charge < -0.3 is 14.2 Å². The molecule has 0 atom stereocenters. The van der Waals surface area contributed by atoms with Gasteiger partial charge in [-0.1, -0.05) is 30.7 Å². The van der Waals surface area contributed by atoms with Gasteiger partial charge in [0.05, 0.1) is 36.1 Å². The molecule has 3 aromatic rings. The van der Waals surface area contributed by atoms with E-state index in [9.17, 15) is 9.59 Å². The van der Waals surface area contributed by atoms with Crippen LogP contribution in [0.1, 0.15) is 39.6 Å². The molecule has 0 aliphatic rings. The number of hydrogen-bond acceptors (Lipinski definition) is 6. The number of methoxy groups -OCH3 is 1. The molecule has 0 radical (unpaired) electrons. The normalized spacial score (nSPS) is 10.6. The Morgan fingerprint density at radius 3 is 2.48 bits per heavy atom. The molecule has 0 unspecified atom stereocenters. The van der Waals surface area contributed by atoms with E-state index in [-0.39, 0.29) is 5.75 Å². The third-order valence-electron chi connectivity index (χ3n) is 4.45. The Labute approximate surface area is 196 Å². The molecule has 33 heavy (non-hydrogen) atoms. The van der Waals surface area contributed by atoms with Crippen LogP contribution in [0.5, 0.6) is 17.2 Å². The molecular formula is C25H23ClN2O5. The molecule has 0 aliphatic heterocycles. The van der Waals surface area contributed by atoms with Gasteiger partial charge in [-0.15, -0.1) is 0 Å². The summed E-state index contributed by atoms with van der Waals surface area (Å²) in [5.74, 6) is 0.333. The highest BCUT2D eigenvalue weighted by Crippen LogP contribution is 2.28. The largest absolute Gasteiger partial charge is 0.494 e. The van der Waals surface area contributed by atoms with Crippen molar-refractivity contribution in [3.63, 3.8) is 0 Å². The Kier molecular flexibility index (Phi) is 8.43. The highest BCUT2D eigenvalue weighted by Gasteiger charge is 2.13. The van der Waals surface area contributed by atoms with Crippen LogP contribution in [0.4, 0.5) is 0 Å². The molecule has 1 amide bonds. The number of hydrogen-bond donors (Lipinski definition) is 1. The number of halogens is 1. The molecule has 0 fully saturated rings. The summed E-state index contributed by atoms with van der Waals surface area (Å²) in [4.78, 5) is 24.7. The summed E-state index contributed by atoms with van der Waals surface area (Å²) in [6.45, 7) is 2.63. The average molecular weight is 467 g/mol. The second kappa shape index (κ2) is 11.7. The van der Waals surface area contributed by atoms with Crippen molar-refractivity contribution in [3.05, 3.63) is 88.4 Å². The van der Waals surface area contributed by atoms with E-state index >= 15 is 0 Å². The number of hydrazone groups is 1. The number of nitrogens with zero attached hydrogens (tertiary/aromatic N) is 1. The predicted octanol–water partition coefficient (Wildman–Crippen LogP) is 5.12. The molecule has 1 N–H and O–H groups in total. The number of ether oxygens (including phenoxy) is 3. The van der Waals surface area contributed by atoms with Crippen LogP contribution in [-0.2, 0) is 0 Å². The highest BCUT2D eigenvalue weighted by molar-refractivity contribution is 6.33. The van der Waals surface area contributed by atoms with Crippen molar-refractivity contribution < 1.29 is 23.8 Å². The number of carbonyl (C=O) groups is 2. The van der Waals surface area contributed by atoms with Gasteiger partial charge >= 0.3 is 5.97 Å². The Morgan fingerprint density at radius 1 is 1.03 bits per heavy atom. The molecule has 3 aromatic carbocycles. The molecule has 3 rings (SSSR count). The van der Waals surface area contributed by atoms with Crippen LogP contribution < -0.4 is 19.6 Å². The van der Waals surface area contributed by atoms with E-state index < -0.39 is 11.9 Å². The van der Waals surface area contributed by atoms with Gasteiger partial charge in [-0.3, -0.25) is 4.79 Å². The fourth-order valence-electron chi connectivity index (χ4n) is 2.79. The minimum atomic E-state index is -0.524. The Morgan fingerprint density at radius 2 is 1.79 bits per heavy atom. The zero-order valence-electron chi connectivity index (χ0n) is 18.2. The van der Waals surface area contributed by atoms with Crippen LogP contribution in [0.25, 0.3) is 0 Å². The SMILES string of the molecule is CCCOc1ccc(C(=O)Oc2ccc(/C=N/NC(=O)c3ccccc3Cl)cc2OC)cc1. The lowest BCUT2D eigenvalue weighted by Gasteiger charge is -2.10. The van der Waals surface area contributed by atoms with E-state index in [0.29, 0.717) is 39.8 Å². The van der Waals surface area contributed by atoms with Crippen LogP contribution in [0.15, 0.2) is 71.8 Å². The first-order valence-electron chi connectivity index (χ1n) is 10.2. The molecule has 0 spiro atoms. The molecule has 0 saturated heterocycles. The third-order valence-corrected chi connectivity index (χ3v) is 4.78. The minimum absolute atomic E-state index is 0.256. The number of amides is 1. The van der Waals surface area contributed by atoms with Crippen LogP contribution in [0.3, 0.4) is 0 Å². The number of rotatable bonds is 9. The monoisotopic (exact) mass is 466 g/mol. The zero-order chi connectivity index (χ0) is 23.6. The maximum absolute atomic E-state index is 12.5. The summed E-state index contributed by atoms with van der Waals surface area (Å²) >= 11 is 6.01. The Hall–Kier alpha value is -3.84. The summed E-state index contributed by atoms with van der Waals surface area (Å²) in [6, 6.07) is 18.3. The van der Waals surface area contributed by atoms with Crippen LogP contribution in [0.2, 0.25) is 5.02 Å². The van der Waals surface area contributed by atoms with Gasteiger partial charge in [0.2, 0.25) is 0 Å². The van der Waals surface area contributed by atoms with Crippen LogP contribution in [-0.4, -0.2) is 31.8 Å². The lowest BCUT2D eigenvalue weighted by atomic mass is 10.2. The molecule has 7 nitrogen and oxygen atoms in total. The van der Waals surface area contributed by atoms with Crippen molar-refractivity contribution in [2.24, 2.45) is 5.10 Å². The third kappa shape index (κ3) is 6.57. The summed E-state index contributed by atoms with van der Waals surface area (Å²) < 4.78 is 16.3. The summed E-state index contributed by atoms with van der Waals surface area (Å²) in [6.07, 6.45) is 2.34. The standard InChI is InChI=1S/C25H23ClN2O5/c1-3-14-32-19-11-9-18(10-12-19)25(30)33-22-13-8-17(15-23(22)31-2)16-27-28-24(29)20-6-4-5-7-21(20)26/h4-13,15-16H,3,14H2,1-2H3,(H,28,29)/b27-16+. The minimum Gasteiger partial charge on any atom is -0.494 e. The van der Waals surface area contributed by atoms with E-state index in [1.165, 1.54) is 13.3 Å². The van der Waals surface area contributed by atoms with E-state index in [4.69, 9.17) is 25.8 Å². The van der Waals surface area contributed by atoms with Gasteiger partial charge in [0.25, 0.3) is 5.91 Å². The molecular weight excluding hydrogens is 444 g/mol. The quantitative estimate of drug-likeness (QED) is 0.205. The average Bonchev–Trinajstić information content (AvgIpc) is 2.84. The topological polar surface area (TPSA) is 86.2 Å². The molecule has 0 aromatic heterocycles. The molecule has 0 bridgehead atoms. The van der Waals surface area contributed by atoms with Crippen molar-refractivity contribution in [2.75, 3.05) is 13.7 Å². The second-order valence-electron chi connectivity index (χ2n) is 6.85. The van der Waals surface area contributed by atoms with E-state index in [1.54, 1.807) is 66.7 Å². The fraction of sp³-hybridized carbons (Fsp3) is 0.160. The van der Waals surface area contributed by atoms with Gasteiger partial charge in [0.15, 0.2) is 11.5 Å². The lowest BCUT2D eigenvalue weighted by molar-refractivity contribution is 0.0729. The molecule has 170 valence electrons. The Bertz CT molecular complexity index is 1150. The van der Waals surface area contributed by atoms with Gasteiger partial charge in [-0.25, -0.2) is 10.2 Å². The maximum Gasteiger partial charge on any atom is 0.343 e. The van der Waals surface area contributed by atoms with Gasteiger partial charge in [-0.05, 0) is 66.6 Å². The molecule has 8 heteroatoms. The van der Waals surface area contributed by atoms with Crippen molar-refractivity contribution in [3.8, 4) is 17.2 Å². The zero-order valence-corrected chi connectivity index (χ0v) is 19.0. The lowest BCUT2D eigenvalue weighted by Crippen LogP contribution is -2.17. The van der Waals surface area contributed by atoms with Crippen molar-refractivity contribution in [1.82, 2.24) is 5.43 Å². The van der Waals surface area contributed by atoms with E-state index in [0.717, 1.165) is 6.42 Å². The van der Waals surface area contributed by atoms with Crippen molar-refractivity contribution in [1.29, 1.82) is 0 Å². The predicted molar refractivity (Wildman–Crippen MR) is 127 cm³/mol. The number of benzene rings is 3. The first-order valence-corrected chi connectivity index (χ1v) is 10.6. The maximum atomic E-state index is 12.5. The summed E-state index contributed by atoms with van der Waals surface area (Å²) in [7, 11) is 1.46. The fourth-order valence-corrected chi connectivity index (χ4v) is 3.01. The highest BCUT2D eigenvalue weighted by atomic mass is 35.5. The Balaban J connectivity index is 1.64. The van der Waals surface area contributed by atoms with Crippen LogP contribution in [0, 0.1) is 0 Å². The van der Waals surface area contributed by atoms with Gasteiger partial charge in [-0.2, -0.15) is 5.10 Å². The van der Waals surface area contributed by atoms with Gasteiger partial charge in [0.1, 0.15) is 5.75 Å². The molecule has 0 heterocycles. The first kappa shape index (κ1) is 23.8. The van der Waals surface area contributed by atoms with Crippen molar-refractivity contribution >= 4 is 29.7 Å². The summed E-state index contributed by atoms with van der Waals surface area (Å²) in [5, 5.41) is 4.28.